The molecule has 0 unspecified atom stereocenters. The number of hydrogen-bond donors (Lipinski definition) is 1. The second kappa shape index (κ2) is 6.40. The molecule has 0 aliphatic carbocycles. The van der Waals surface area contributed by atoms with E-state index < -0.39 is 0 Å². The summed E-state index contributed by atoms with van der Waals surface area (Å²) in [5, 5.41) is 3.47. The lowest BCUT2D eigenvalue weighted by atomic mass is 9.99. The summed E-state index contributed by atoms with van der Waals surface area (Å²) in [5.74, 6) is 0.966. The molecule has 1 aromatic carbocycles. The van der Waals surface area contributed by atoms with Gasteiger partial charge in [-0.25, -0.2) is 0 Å². The van der Waals surface area contributed by atoms with Gasteiger partial charge < -0.3 is 10.1 Å². The number of nitrogens with one attached hydrogen (secondary N) is 1. The van der Waals surface area contributed by atoms with Gasteiger partial charge in [-0.15, -0.1) is 0 Å². The maximum atomic E-state index is 5.47. The molecule has 3 nitrogen and oxygen atoms in total. The molecule has 0 radical (unpaired) electrons. The molecular weight excluding hydrogens is 236 g/mol. The molecule has 0 atom stereocenters. The van der Waals surface area contributed by atoms with E-state index in [1.165, 1.54) is 5.56 Å². The van der Waals surface area contributed by atoms with Crippen molar-refractivity contribution in [3.05, 3.63) is 29.8 Å². The zero-order chi connectivity index (χ0) is 13.7. The minimum Gasteiger partial charge on any atom is -0.494 e. The summed E-state index contributed by atoms with van der Waals surface area (Å²) in [5.41, 5.74) is 1.65. The molecule has 1 aromatic rings. The average molecular weight is 262 g/mol. The lowest BCUT2D eigenvalue weighted by Gasteiger charge is -2.43. The van der Waals surface area contributed by atoms with E-state index in [9.17, 15) is 0 Å². The van der Waals surface area contributed by atoms with Gasteiger partial charge in [-0.1, -0.05) is 12.1 Å². The van der Waals surface area contributed by atoms with Crippen molar-refractivity contribution in [2.75, 3.05) is 32.8 Å². The molecule has 2 rings (SSSR count). The topological polar surface area (TPSA) is 24.5 Å². The van der Waals surface area contributed by atoms with Gasteiger partial charge in [-0.3, -0.25) is 4.90 Å². The number of piperazine rings is 1. The first-order valence-electron chi connectivity index (χ1n) is 7.29. The average Bonchev–Trinajstić information content (AvgIpc) is 2.39. The summed E-state index contributed by atoms with van der Waals surface area (Å²) in [6.07, 6.45) is 1.11. The van der Waals surface area contributed by atoms with Gasteiger partial charge in [0.1, 0.15) is 5.75 Å². The van der Waals surface area contributed by atoms with Crippen molar-refractivity contribution in [2.24, 2.45) is 0 Å². The van der Waals surface area contributed by atoms with Crippen molar-refractivity contribution in [1.82, 2.24) is 10.2 Å². The van der Waals surface area contributed by atoms with E-state index in [1.807, 2.05) is 6.92 Å². The highest BCUT2D eigenvalue weighted by molar-refractivity contribution is 5.27. The Hall–Kier alpha value is -1.06. The van der Waals surface area contributed by atoms with Crippen LogP contribution >= 0.6 is 0 Å². The second-order valence-corrected chi connectivity index (χ2v) is 5.80. The maximum Gasteiger partial charge on any atom is 0.119 e. The van der Waals surface area contributed by atoms with Crippen molar-refractivity contribution < 1.29 is 4.74 Å². The van der Waals surface area contributed by atoms with Crippen molar-refractivity contribution in [2.45, 2.75) is 32.7 Å². The van der Waals surface area contributed by atoms with Crippen LogP contribution < -0.4 is 10.1 Å². The fraction of sp³-hybridized carbons (Fsp3) is 0.625. The smallest absolute Gasteiger partial charge is 0.119 e. The fourth-order valence-electron chi connectivity index (χ4n) is 2.62. The molecule has 19 heavy (non-hydrogen) atoms. The first-order chi connectivity index (χ1) is 9.12. The van der Waals surface area contributed by atoms with Gasteiger partial charge in [0.05, 0.1) is 6.61 Å². The Kier molecular flexibility index (Phi) is 4.83. The van der Waals surface area contributed by atoms with Gasteiger partial charge in [0.25, 0.3) is 0 Å². The van der Waals surface area contributed by atoms with Crippen LogP contribution in [0.2, 0.25) is 0 Å². The van der Waals surface area contributed by atoms with Crippen LogP contribution in [0.5, 0.6) is 5.75 Å². The second-order valence-electron chi connectivity index (χ2n) is 5.80. The Morgan fingerprint density at radius 3 is 2.63 bits per heavy atom. The zero-order valence-corrected chi connectivity index (χ0v) is 12.4. The van der Waals surface area contributed by atoms with E-state index in [2.05, 4.69) is 48.3 Å². The summed E-state index contributed by atoms with van der Waals surface area (Å²) in [6.45, 7) is 11.8. The third-order valence-electron chi connectivity index (χ3n) is 3.88. The first kappa shape index (κ1) is 14.4. The predicted molar refractivity (Wildman–Crippen MR) is 79.8 cm³/mol. The molecule has 1 aliphatic rings. The highest BCUT2D eigenvalue weighted by Crippen LogP contribution is 2.18. The summed E-state index contributed by atoms with van der Waals surface area (Å²) in [6, 6.07) is 8.50. The Balaban J connectivity index is 1.87. The van der Waals surface area contributed by atoms with Gasteiger partial charge in [0, 0.05) is 31.7 Å². The lowest BCUT2D eigenvalue weighted by Crippen LogP contribution is -2.58. The molecule has 0 amide bonds. The normalized spacial score (nSPS) is 19.3. The summed E-state index contributed by atoms with van der Waals surface area (Å²) >= 11 is 0. The standard InChI is InChI=1S/C16H26N2O/c1-4-19-15-7-5-14(6-8-15)9-11-18-12-10-17-13-16(18,2)3/h5-8,17H,4,9-13H2,1-3H3. The molecule has 3 heteroatoms. The number of rotatable bonds is 5. The molecule has 1 N–H and O–H groups in total. The molecule has 106 valence electrons. The van der Waals surface area contributed by atoms with Crippen molar-refractivity contribution >= 4 is 0 Å². The molecule has 1 heterocycles. The van der Waals surface area contributed by atoms with Gasteiger partial charge in [-0.2, -0.15) is 0 Å². The van der Waals surface area contributed by atoms with Crippen LogP contribution in [0.4, 0.5) is 0 Å². The lowest BCUT2D eigenvalue weighted by molar-refractivity contribution is 0.0921. The third kappa shape index (κ3) is 3.95. The Morgan fingerprint density at radius 1 is 1.26 bits per heavy atom. The van der Waals surface area contributed by atoms with Crippen LogP contribution in [0.15, 0.2) is 24.3 Å². The molecule has 0 aromatic heterocycles. The summed E-state index contributed by atoms with van der Waals surface area (Å²) < 4.78 is 5.47. The summed E-state index contributed by atoms with van der Waals surface area (Å²) in [4.78, 5) is 2.58. The van der Waals surface area contributed by atoms with E-state index in [1.54, 1.807) is 0 Å². The first-order valence-corrected chi connectivity index (χ1v) is 7.29. The van der Waals surface area contributed by atoms with Crippen LogP contribution in [0.3, 0.4) is 0 Å². The number of ether oxygens (including phenoxy) is 1. The Labute approximate surface area is 116 Å². The Morgan fingerprint density at radius 2 is 2.00 bits per heavy atom. The molecule has 0 bridgehead atoms. The molecular formula is C16H26N2O. The molecule has 1 fully saturated rings. The van der Waals surface area contributed by atoms with E-state index >= 15 is 0 Å². The number of nitrogens with zero attached hydrogens (tertiary/aromatic N) is 1. The van der Waals surface area contributed by atoms with Crippen LogP contribution in [0.25, 0.3) is 0 Å². The van der Waals surface area contributed by atoms with Crippen molar-refractivity contribution in [3.8, 4) is 5.75 Å². The zero-order valence-electron chi connectivity index (χ0n) is 12.4. The highest BCUT2D eigenvalue weighted by atomic mass is 16.5. The van der Waals surface area contributed by atoms with Crippen LogP contribution in [-0.4, -0.2) is 43.2 Å². The number of hydrogen-bond acceptors (Lipinski definition) is 3. The van der Waals surface area contributed by atoms with Gasteiger partial charge in [-0.05, 0) is 44.9 Å². The van der Waals surface area contributed by atoms with Crippen molar-refractivity contribution in [1.29, 1.82) is 0 Å². The fourth-order valence-corrected chi connectivity index (χ4v) is 2.62. The third-order valence-corrected chi connectivity index (χ3v) is 3.88. The largest absolute Gasteiger partial charge is 0.494 e. The molecule has 1 saturated heterocycles. The highest BCUT2D eigenvalue weighted by Gasteiger charge is 2.28. The van der Waals surface area contributed by atoms with Gasteiger partial charge in [0.15, 0.2) is 0 Å². The van der Waals surface area contributed by atoms with Crippen LogP contribution in [0, 0.1) is 0 Å². The van der Waals surface area contributed by atoms with E-state index in [0.29, 0.717) is 0 Å². The van der Waals surface area contributed by atoms with Crippen LogP contribution in [-0.2, 0) is 6.42 Å². The maximum absolute atomic E-state index is 5.47. The molecule has 1 aliphatic heterocycles. The molecule has 0 saturated carbocycles. The van der Waals surface area contributed by atoms with E-state index in [4.69, 9.17) is 4.74 Å². The van der Waals surface area contributed by atoms with Crippen molar-refractivity contribution in [3.63, 3.8) is 0 Å². The molecule has 0 spiro atoms. The Bertz CT molecular complexity index is 386. The minimum atomic E-state index is 0.267. The monoisotopic (exact) mass is 262 g/mol. The SMILES string of the molecule is CCOc1ccc(CCN2CCNCC2(C)C)cc1. The van der Waals surface area contributed by atoms with Crippen LogP contribution in [0.1, 0.15) is 26.3 Å². The number of benzene rings is 1. The van der Waals surface area contributed by atoms with Gasteiger partial charge in [0.2, 0.25) is 0 Å². The predicted octanol–water partition coefficient (Wildman–Crippen LogP) is 2.31. The van der Waals surface area contributed by atoms with E-state index in [0.717, 1.165) is 45.0 Å². The van der Waals surface area contributed by atoms with Gasteiger partial charge >= 0.3 is 0 Å². The van der Waals surface area contributed by atoms with E-state index in [-0.39, 0.29) is 5.54 Å². The quantitative estimate of drug-likeness (QED) is 0.881. The minimum absolute atomic E-state index is 0.267. The summed E-state index contributed by atoms with van der Waals surface area (Å²) in [7, 11) is 0.